The molecule has 0 spiro atoms. The van der Waals surface area contributed by atoms with Crippen molar-refractivity contribution in [1.29, 1.82) is 0 Å². The lowest BCUT2D eigenvalue weighted by atomic mass is 10.1. The summed E-state index contributed by atoms with van der Waals surface area (Å²) in [5, 5.41) is 4.27. The quantitative estimate of drug-likeness (QED) is 0.434. The first-order chi connectivity index (χ1) is 14.5. The predicted octanol–water partition coefficient (Wildman–Crippen LogP) is 6.46. The molecule has 1 unspecified atom stereocenters. The van der Waals surface area contributed by atoms with Gasteiger partial charge < -0.3 is 14.8 Å². The van der Waals surface area contributed by atoms with Crippen molar-refractivity contribution in [2.45, 2.75) is 26.5 Å². The molecule has 0 radical (unpaired) electrons. The number of nitrogens with one attached hydrogen (secondary N) is 1. The lowest BCUT2D eigenvalue weighted by Gasteiger charge is -2.16. The van der Waals surface area contributed by atoms with E-state index in [1.807, 2.05) is 50.2 Å². The molecule has 1 N–H and O–H groups in total. The molecule has 3 aromatic rings. The number of carbonyl (C=O) groups is 1. The van der Waals surface area contributed by atoms with Gasteiger partial charge in [0, 0.05) is 21.2 Å². The zero-order valence-corrected chi connectivity index (χ0v) is 18.3. The molecule has 3 aromatic carbocycles. The van der Waals surface area contributed by atoms with Gasteiger partial charge in [0.1, 0.15) is 18.1 Å². The van der Waals surface area contributed by atoms with Gasteiger partial charge in [0.2, 0.25) is 0 Å². The highest BCUT2D eigenvalue weighted by Crippen LogP contribution is 2.25. The Hall–Kier alpha value is -2.69. The first kappa shape index (κ1) is 22.0. The molecule has 30 heavy (non-hydrogen) atoms. The monoisotopic (exact) mass is 443 g/mol. The topological polar surface area (TPSA) is 47.6 Å². The van der Waals surface area contributed by atoms with Crippen molar-refractivity contribution in [1.82, 2.24) is 5.32 Å². The fourth-order valence-electron chi connectivity index (χ4n) is 2.96. The summed E-state index contributed by atoms with van der Waals surface area (Å²) in [4.78, 5) is 12.8. The second-order valence-electron chi connectivity index (χ2n) is 6.75. The van der Waals surface area contributed by atoms with Gasteiger partial charge in [0.15, 0.2) is 0 Å². The molecule has 6 heteroatoms. The smallest absolute Gasteiger partial charge is 0.251 e. The molecule has 0 aliphatic carbocycles. The van der Waals surface area contributed by atoms with Gasteiger partial charge in [-0.1, -0.05) is 41.4 Å². The lowest BCUT2D eigenvalue weighted by molar-refractivity contribution is 0.0939. The maximum atomic E-state index is 12.8. The highest BCUT2D eigenvalue weighted by Gasteiger charge is 2.14. The van der Waals surface area contributed by atoms with E-state index in [4.69, 9.17) is 32.7 Å². The van der Waals surface area contributed by atoms with E-state index < -0.39 is 0 Å². The van der Waals surface area contributed by atoms with Crippen LogP contribution in [0.15, 0.2) is 66.7 Å². The minimum absolute atomic E-state index is 0.160. The number of hydrogen-bond donors (Lipinski definition) is 1. The minimum Gasteiger partial charge on any atom is -0.493 e. The van der Waals surface area contributed by atoms with Crippen LogP contribution in [0.1, 0.15) is 41.4 Å². The van der Waals surface area contributed by atoms with Gasteiger partial charge in [-0.3, -0.25) is 4.79 Å². The molecule has 3 rings (SSSR count). The van der Waals surface area contributed by atoms with Crippen molar-refractivity contribution in [2.75, 3.05) is 6.61 Å². The Morgan fingerprint density at radius 3 is 2.43 bits per heavy atom. The summed E-state index contributed by atoms with van der Waals surface area (Å²) in [6.45, 7) is 4.61. The van der Waals surface area contributed by atoms with Gasteiger partial charge >= 0.3 is 0 Å². The van der Waals surface area contributed by atoms with E-state index in [-0.39, 0.29) is 18.6 Å². The molecule has 1 amide bonds. The highest BCUT2D eigenvalue weighted by atomic mass is 35.5. The van der Waals surface area contributed by atoms with Crippen LogP contribution >= 0.6 is 23.2 Å². The average Bonchev–Trinajstić information content (AvgIpc) is 2.73. The second-order valence-corrected chi connectivity index (χ2v) is 7.62. The number of ether oxygens (including phenoxy) is 2. The van der Waals surface area contributed by atoms with Crippen LogP contribution in [0.4, 0.5) is 0 Å². The van der Waals surface area contributed by atoms with E-state index in [1.165, 1.54) is 0 Å². The number of amides is 1. The first-order valence-corrected chi connectivity index (χ1v) is 10.4. The Morgan fingerprint density at radius 1 is 0.967 bits per heavy atom. The summed E-state index contributed by atoms with van der Waals surface area (Å²) in [6, 6.07) is 19.8. The van der Waals surface area contributed by atoms with E-state index in [1.54, 1.807) is 30.3 Å². The molecule has 0 fully saturated rings. The van der Waals surface area contributed by atoms with Crippen molar-refractivity contribution in [2.24, 2.45) is 0 Å². The van der Waals surface area contributed by atoms with Gasteiger partial charge in [0.05, 0.1) is 12.6 Å². The molecule has 0 heterocycles. The molecule has 156 valence electrons. The molecular formula is C24H23Cl2NO3. The van der Waals surface area contributed by atoms with E-state index in [0.29, 0.717) is 33.7 Å². The fraction of sp³-hybridized carbons (Fsp3) is 0.208. The van der Waals surface area contributed by atoms with Crippen molar-refractivity contribution in [3.05, 3.63) is 93.5 Å². The molecule has 0 aliphatic heterocycles. The van der Waals surface area contributed by atoms with Gasteiger partial charge in [0.25, 0.3) is 5.91 Å². The molecule has 0 bridgehead atoms. The number of rotatable bonds is 8. The van der Waals surface area contributed by atoms with Crippen LogP contribution in [0, 0.1) is 0 Å². The summed E-state index contributed by atoms with van der Waals surface area (Å²) in [7, 11) is 0. The van der Waals surface area contributed by atoms with Crippen LogP contribution in [0.3, 0.4) is 0 Å². The Morgan fingerprint density at radius 2 is 1.73 bits per heavy atom. The SMILES string of the molecule is CCOc1ccc(C(=O)NC(C)c2ccc(Cl)cc2)cc1COc1cccc(Cl)c1. The summed E-state index contributed by atoms with van der Waals surface area (Å²) < 4.78 is 11.5. The van der Waals surface area contributed by atoms with E-state index in [2.05, 4.69) is 5.32 Å². The third-order valence-corrected chi connectivity index (χ3v) is 5.02. The van der Waals surface area contributed by atoms with Crippen molar-refractivity contribution in [3.63, 3.8) is 0 Å². The van der Waals surface area contributed by atoms with Gasteiger partial charge in [-0.05, 0) is 67.9 Å². The molecule has 0 aromatic heterocycles. The van der Waals surface area contributed by atoms with Crippen molar-refractivity contribution >= 4 is 29.1 Å². The Labute approximate surface area is 186 Å². The summed E-state index contributed by atoms with van der Waals surface area (Å²) in [5.74, 6) is 1.16. The normalized spacial score (nSPS) is 11.6. The first-order valence-electron chi connectivity index (χ1n) is 9.66. The van der Waals surface area contributed by atoms with E-state index >= 15 is 0 Å². The number of benzene rings is 3. The third-order valence-electron chi connectivity index (χ3n) is 4.53. The van der Waals surface area contributed by atoms with Crippen LogP contribution in [0.5, 0.6) is 11.5 Å². The molecular weight excluding hydrogens is 421 g/mol. The lowest BCUT2D eigenvalue weighted by Crippen LogP contribution is -2.26. The van der Waals surface area contributed by atoms with Crippen LogP contribution < -0.4 is 14.8 Å². The molecule has 0 aliphatic rings. The Balaban J connectivity index is 1.74. The van der Waals surface area contributed by atoms with Crippen LogP contribution in [0.2, 0.25) is 10.0 Å². The highest BCUT2D eigenvalue weighted by molar-refractivity contribution is 6.30. The second kappa shape index (κ2) is 10.4. The van der Waals surface area contributed by atoms with E-state index in [9.17, 15) is 4.79 Å². The maximum Gasteiger partial charge on any atom is 0.251 e. The number of halogens is 2. The third kappa shape index (κ3) is 5.91. The van der Waals surface area contributed by atoms with Gasteiger partial charge in [-0.25, -0.2) is 0 Å². The largest absolute Gasteiger partial charge is 0.493 e. The summed E-state index contributed by atoms with van der Waals surface area (Å²) >= 11 is 12.0. The minimum atomic E-state index is -0.176. The zero-order valence-electron chi connectivity index (χ0n) is 16.8. The fourth-order valence-corrected chi connectivity index (χ4v) is 3.27. The summed E-state index contributed by atoms with van der Waals surface area (Å²) in [5.41, 5.74) is 2.29. The van der Waals surface area contributed by atoms with Crippen molar-refractivity contribution in [3.8, 4) is 11.5 Å². The van der Waals surface area contributed by atoms with Gasteiger partial charge in [-0.15, -0.1) is 0 Å². The van der Waals surface area contributed by atoms with Crippen LogP contribution in [0.25, 0.3) is 0 Å². The number of carbonyl (C=O) groups excluding carboxylic acids is 1. The molecule has 0 saturated heterocycles. The Kier molecular flexibility index (Phi) is 7.61. The summed E-state index contributed by atoms with van der Waals surface area (Å²) in [6.07, 6.45) is 0. The zero-order chi connectivity index (χ0) is 21.5. The van der Waals surface area contributed by atoms with E-state index in [0.717, 1.165) is 11.1 Å². The van der Waals surface area contributed by atoms with Crippen LogP contribution in [-0.2, 0) is 6.61 Å². The van der Waals surface area contributed by atoms with Crippen molar-refractivity contribution < 1.29 is 14.3 Å². The molecule has 4 nitrogen and oxygen atoms in total. The molecule has 0 saturated carbocycles. The maximum absolute atomic E-state index is 12.8. The van der Waals surface area contributed by atoms with Crippen LogP contribution in [-0.4, -0.2) is 12.5 Å². The van der Waals surface area contributed by atoms with Gasteiger partial charge in [-0.2, -0.15) is 0 Å². The molecule has 1 atom stereocenters. The number of hydrogen-bond acceptors (Lipinski definition) is 3. The Bertz CT molecular complexity index is 1010. The predicted molar refractivity (Wildman–Crippen MR) is 121 cm³/mol. The standard InChI is InChI=1S/C24H23Cl2NO3/c1-3-29-23-12-9-18(13-19(23)15-30-22-6-4-5-21(26)14-22)24(28)27-16(2)17-7-10-20(25)11-8-17/h4-14,16H,3,15H2,1-2H3,(H,27,28). The average molecular weight is 444 g/mol.